The first-order valence-electron chi connectivity index (χ1n) is 7.88. The average molecular weight is 368 g/mol. The van der Waals surface area contributed by atoms with Gasteiger partial charge < -0.3 is 19.7 Å². The molecule has 3 amide bonds. The van der Waals surface area contributed by atoms with Gasteiger partial charge in [-0.2, -0.15) is 0 Å². The van der Waals surface area contributed by atoms with E-state index in [2.05, 4.69) is 4.98 Å². The number of carbonyl (C=O) groups excluding carboxylic acids is 2. The minimum absolute atomic E-state index is 0.0297. The lowest BCUT2D eigenvalue weighted by atomic mass is 10.0. The van der Waals surface area contributed by atoms with Crippen LogP contribution in [0.3, 0.4) is 0 Å². The number of carbonyl (C=O) groups is 2. The summed E-state index contributed by atoms with van der Waals surface area (Å²) in [7, 11) is -0.174. The smallest absolute Gasteiger partial charge is 0.319 e. The maximum Gasteiger partial charge on any atom is 0.319 e. The van der Waals surface area contributed by atoms with Crippen molar-refractivity contribution < 1.29 is 18.0 Å². The highest BCUT2D eigenvalue weighted by molar-refractivity contribution is 7.91. The topological polar surface area (TPSA) is 111 Å². The zero-order valence-corrected chi connectivity index (χ0v) is 14.8. The Morgan fingerprint density at radius 1 is 1.16 bits per heavy atom. The molecular weight excluding hydrogens is 348 g/mol. The van der Waals surface area contributed by atoms with E-state index in [0.717, 1.165) is 0 Å². The van der Waals surface area contributed by atoms with E-state index in [0.29, 0.717) is 0 Å². The van der Waals surface area contributed by atoms with E-state index in [1.54, 1.807) is 20.2 Å². The first kappa shape index (κ1) is 17.5. The van der Waals surface area contributed by atoms with Crippen molar-refractivity contribution in [2.45, 2.75) is 12.1 Å². The third kappa shape index (κ3) is 3.13. The number of urea groups is 1. The molecule has 2 aliphatic rings. The van der Waals surface area contributed by atoms with Crippen LogP contribution >= 0.6 is 0 Å². The summed E-state index contributed by atoms with van der Waals surface area (Å²) in [5.41, 5.74) is -0.547. The Morgan fingerprint density at radius 2 is 1.76 bits per heavy atom. The van der Waals surface area contributed by atoms with Gasteiger partial charge in [0.2, 0.25) is 0 Å². The van der Waals surface area contributed by atoms with Gasteiger partial charge in [0.25, 0.3) is 11.5 Å². The molecule has 136 valence electrons. The van der Waals surface area contributed by atoms with Gasteiger partial charge in [0.15, 0.2) is 9.84 Å². The Kier molecular flexibility index (Phi) is 4.31. The maximum atomic E-state index is 12.8. The quantitative estimate of drug-likeness (QED) is 0.682. The van der Waals surface area contributed by atoms with E-state index in [-0.39, 0.29) is 36.2 Å². The van der Waals surface area contributed by atoms with Gasteiger partial charge >= 0.3 is 6.03 Å². The van der Waals surface area contributed by atoms with Crippen molar-refractivity contribution in [1.29, 1.82) is 0 Å². The monoisotopic (exact) mass is 368 g/mol. The summed E-state index contributed by atoms with van der Waals surface area (Å²) in [6.07, 6.45) is 1.43. The fourth-order valence-electron chi connectivity index (χ4n) is 3.44. The molecule has 3 rings (SSSR count). The number of hydrogen-bond acceptors (Lipinski definition) is 5. The zero-order valence-electron chi connectivity index (χ0n) is 14.0. The third-order valence-electron chi connectivity index (χ3n) is 4.61. The molecule has 3 heterocycles. The predicted molar refractivity (Wildman–Crippen MR) is 90.1 cm³/mol. The Labute approximate surface area is 145 Å². The normalized spacial score (nSPS) is 24.7. The summed E-state index contributed by atoms with van der Waals surface area (Å²) in [5, 5.41) is 0. The summed E-state index contributed by atoms with van der Waals surface area (Å²) >= 11 is 0. The molecule has 0 aliphatic carbocycles. The molecule has 2 aliphatic heterocycles. The van der Waals surface area contributed by atoms with Crippen LogP contribution in [-0.4, -0.2) is 90.8 Å². The predicted octanol–water partition coefficient (Wildman–Crippen LogP) is -1.02. The van der Waals surface area contributed by atoms with Crippen LogP contribution < -0.4 is 5.56 Å². The number of piperazine rings is 1. The fraction of sp³-hybridized carbons (Fsp3) is 0.533. The van der Waals surface area contributed by atoms with Gasteiger partial charge in [-0.3, -0.25) is 9.59 Å². The number of aromatic nitrogens is 1. The minimum Gasteiger partial charge on any atom is -0.331 e. The number of rotatable bonds is 1. The molecule has 25 heavy (non-hydrogen) atoms. The molecule has 0 saturated carbocycles. The van der Waals surface area contributed by atoms with Crippen LogP contribution in [0.25, 0.3) is 0 Å². The van der Waals surface area contributed by atoms with Crippen LogP contribution in [0.1, 0.15) is 10.4 Å². The lowest BCUT2D eigenvalue weighted by molar-refractivity contribution is 0.0392. The van der Waals surface area contributed by atoms with Crippen molar-refractivity contribution in [2.75, 3.05) is 38.7 Å². The average Bonchev–Trinajstić information content (AvgIpc) is 2.87. The highest BCUT2D eigenvalue weighted by atomic mass is 32.2. The molecule has 0 unspecified atom stereocenters. The molecule has 2 saturated heterocycles. The molecular formula is C15H20N4O5S. The Morgan fingerprint density at radius 3 is 2.36 bits per heavy atom. The molecule has 2 atom stereocenters. The molecule has 0 radical (unpaired) electrons. The summed E-state index contributed by atoms with van der Waals surface area (Å²) in [6, 6.07) is 1.44. The largest absolute Gasteiger partial charge is 0.331 e. The van der Waals surface area contributed by atoms with Crippen LogP contribution in [0.15, 0.2) is 23.1 Å². The maximum absolute atomic E-state index is 12.8. The number of pyridine rings is 1. The van der Waals surface area contributed by atoms with Crippen molar-refractivity contribution >= 4 is 21.8 Å². The van der Waals surface area contributed by atoms with Crippen LogP contribution in [0, 0.1) is 0 Å². The van der Waals surface area contributed by atoms with E-state index in [1.807, 2.05) is 0 Å². The minimum atomic E-state index is -3.37. The molecule has 0 aromatic carbocycles. The van der Waals surface area contributed by atoms with E-state index in [9.17, 15) is 22.8 Å². The zero-order chi connectivity index (χ0) is 18.4. The number of sulfone groups is 1. The molecule has 2 fully saturated rings. The summed E-state index contributed by atoms with van der Waals surface area (Å²) in [4.78, 5) is 43.8. The third-order valence-corrected chi connectivity index (χ3v) is 6.31. The number of nitrogens with zero attached hydrogens (tertiary/aromatic N) is 3. The van der Waals surface area contributed by atoms with Gasteiger partial charge in [0.05, 0.1) is 23.6 Å². The Bertz CT molecular complexity index is 863. The highest BCUT2D eigenvalue weighted by Gasteiger charge is 2.50. The van der Waals surface area contributed by atoms with Gasteiger partial charge in [-0.25, -0.2) is 13.2 Å². The number of amides is 3. The number of hydrogen-bond donors (Lipinski definition) is 1. The summed E-state index contributed by atoms with van der Waals surface area (Å²) in [6.45, 7) is 0.410. The summed E-state index contributed by atoms with van der Waals surface area (Å²) < 4.78 is 24.3. The molecule has 1 aromatic heterocycles. The highest BCUT2D eigenvalue weighted by Crippen LogP contribution is 2.28. The van der Waals surface area contributed by atoms with E-state index in [1.165, 1.54) is 27.0 Å². The van der Waals surface area contributed by atoms with Crippen molar-refractivity contribution in [3.8, 4) is 0 Å². The summed E-state index contributed by atoms with van der Waals surface area (Å²) in [5.74, 6) is -0.886. The lowest BCUT2D eigenvalue weighted by Gasteiger charge is -2.44. The van der Waals surface area contributed by atoms with Crippen LogP contribution in [-0.2, 0) is 9.84 Å². The van der Waals surface area contributed by atoms with Crippen LogP contribution in [0.4, 0.5) is 4.79 Å². The number of nitrogens with one attached hydrogen (secondary N) is 1. The number of aromatic amines is 1. The molecule has 0 spiro atoms. The Balaban J connectivity index is 1.94. The van der Waals surface area contributed by atoms with Gasteiger partial charge in [-0.15, -0.1) is 0 Å². The van der Waals surface area contributed by atoms with Gasteiger partial charge in [0.1, 0.15) is 5.56 Å². The molecule has 1 aromatic rings. The standard InChI is InChI=1S/C15H20N4O5S/c1-17(2)15(22)19-7-6-18(11-8-25(23,24)9-12(11)19)14(21)10-4-3-5-16-13(10)20/h3-5,11-12H,6-9H2,1-2H3,(H,16,20)/t11-,12+/m1/s1. The first-order chi connectivity index (χ1) is 11.7. The van der Waals surface area contributed by atoms with Gasteiger partial charge in [0, 0.05) is 33.4 Å². The van der Waals surface area contributed by atoms with Crippen molar-refractivity contribution in [1.82, 2.24) is 19.7 Å². The van der Waals surface area contributed by atoms with Gasteiger partial charge in [-0.1, -0.05) is 0 Å². The molecule has 10 heteroatoms. The second kappa shape index (κ2) is 6.17. The van der Waals surface area contributed by atoms with Crippen LogP contribution in [0.2, 0.25) is 0 Å². The van der Waals surface area contributed by atoms with Crippen molar-refractivity contribution in [3.63, 3.8) is 0 Å². The lowest BCUT2D eigenvalue weighted by Crippen LogP contribution is -2.63. The van der Waals surface area contributed by atoms with Crippen LogP contribution in [0.5, 0.6) is 0 Å². The van der Waals surface area contributed by atoms with E-state index < -0.39 is 33.4 Å². The molecule has 9 nitrogen and oxygen atoms in total. The second-order valence-electron chi connectivity index (χ2n) is 6.49. The second-order valence-corrected chi connectivity index (χ2v) is 8.65. The fourth-order valence-corrected chi connectivity index (χ4v) is 5.43. The van der Waals surface area contributed by atoms with E-state index >= 15 is 0 Å². The van der Waals surface area contributed by atoms with Crippen molar-refractivity contribution in [3.05, 3.63) is 34.2 Å². The Hall–Kier alpha value is -2.36. The first-order valence-corrected chi connectivity index (χ1v) is 9.70. The number of fused-ring (bicyclic) bond motifs is 1. The number of H-pyrrole nitrogens is 1. The van der Waals surface area contributed by atoms with E-state index in [4.69, 9.17) is 0 Å². The van der Waals surface area contributed by atoms with Gasteiger partial charge in [-0.05, 0) is 12.1 Å². The van der Waals surface area contributed by atoms with Crippen molar-refractivity contribution in [2.24, 2.45) is 0 Å². The molecule has 0 bridgehead atoms. The SMILES string of the molecule is CN(C)C(=O)N1CCN(C(=O)c2ccc[nH]c2=O)[C@@H]2CS(=O)(=O)C[C@@H]21. The molecule has 1 N–H and O–H groups in total.